The van der Waals surface area contributed by atoms with Gasteiger partial charge >= 0.3 is 0 Å². The summed E-state index contributed by atoms with van der Waals surface area (Å²) in [7, 11) is 0. The van der Waals surface area contributed by atoms with Crippen molar-refractivity contribution < 1.29 is 4.74 Å². The van der Waals surface area contributed by atoms with E-state index < -0.39 is 0 Å². The summed E-state index contributed by atoms with van der Waals surface area (Å²) in [6.07, 6.45) is 2.64. The monoisotopic (exact) mass is 260 g/mol. The molecule has 1 aromatic heterocycles. The molecular weight excluding hydrogens is 248 g/mol. The molecule has 2 aromatic rings. The molecule has 0 bridgehead atoms. The van der Waals surface area contributed by atoms with Crippen molar-refractivity contribution in [3.63, 3.8) is 0 Å². The van der Waals surface area contributed by atoms with Crippen LogP contribution in [0.5, 0.6) is 5.75 Å². The average molecular weight is 261 g/mol. The summed E-state index contributed by atoms with van der Waals surface area (Å²) in [4.78, 5) is 4.33. The Balaban J connectivity index is 2.11. The molecule has 0 saturated carbocycles. The van der Waals surface area contributed by atoms with E-state index in [1.165, 1.54) is 5.56 Å². The van der Waals surface area contributed by atoms with Crippen molar-refractivity contribution in [2.45, 2.75) is 12.5 Å². The lowest BCUT2D eigenvalue weighted by atomic mass is 10.0. The van der Waals surface area contributed by atoms with Gasteiger partial charge in [-0.15, -0.1) is 0 Å². The highest BCUT2D eigenvalue weighted by atomic mass is 35.5. The molecular formula is C14H13ClN2O. The molecule has 0 aliphatic carbocycles. The lowest BCUT2D eigenvalue weighted by molar-refractivity contribution is 0.242. The number of ether oxygens (including phenoxy) is 1. The van der Waals surface area contributed by atoms with Gasteiger partial charge in [-0.3, -0.25) is 4.98 Å². The molecule has 3 nitrogen and oxygen atoms in total. The quantitative estimate of drug-likeness (QED) is 0.903. The SMILES string of the molecule is NC[C@H]1Cc2cccc(-c3ncccc3Cl)c2O1. The molecule has 0 spiro atoms. The van der Waals surface area contributed by atoms with Gasteiger partial charge in [-0.05, 0) is 23.8 Å². The van der Waals surface area contributed by atoms with E-state index in [0.29, 0.717) is 11.6 Å². The molecule has 1 aliphatic heterocycles. The number of hydrogen-bond acceptors (Lipinski definition) is 3. The zero-order valence-electron chi connectivity index (χ0n) is 9.77. The fraction of sp³-hybridized carbons (Fsp3) is 0.214. The first-order valence-corrected chi connectivity index (χ1v) is 6.27. The summed E-state index contributed by atoms with van der Waals surface area (Å²) in [6.45, 7) is 0.518. The molecule has 0 fully saturated rings. The number of benzene rings is 1. The van der Waals surface area contributed by atoms with Crippen LogP contribution in [0.3, 0.4) is 0 Å². The number of rotatable bonds is 2. The van der Waals surface area contributed by atoms with Crippen LogP contribution in [0.2, 0.25) is 5.02 Å². The third kappa shape index (κ3) is 1.85. The molecule has 18 heavy (non-hydrogen) atoms. The van der Waals surface area contributed by atoms with Crippen molar-refractivity contribution in [3.05, 3.63) is 47.1 Å². The van der Waals surface area contributed by atoms with Gasteiger partial charge < -0.3 is 10.5 Å². The Bertz CT molecular complexity index is 586. The maximum Gasteiger partial charge on any atom is 0.132 e. The Morgan fingerprint density at radius 1 is 1.33 bits per heavy atom. The van der Waals surface area contributed by atoms with Crippen molar-refractivity contribution in [3.8, 4) is 17.0 Å². The maximum absolute atomic E-state index is 6.19. The number of aromatic nitrogens is 1. The van der Waals surface area contributed by atoms with E-state index >= 15 is 0 Å². The fourth-order valence-corrected chi connectivity index (χ4v) is 2.46. The summed E-state index contributed by atoms with van der Waals surface area (Å²) in [5, 5.41) is 0.630. The summed E-state index contributed by atoms with van der Waals surface area (Å²) >= 11 is 6.19. The Morgan fingerprint density at radius 3 is 3.00 bits per heavy atom. The average Bonchev–Trinajstić information content (AvgIpc) is 2.82. The van der Waals surface area contributed by atoms with E-state index in [2.05, 4.69) is 11.1 Å². The number of hydrogen-bond donors (Lipinski definition) is 1. The fourth-order valence-electron chi connectivity index (χ4n) is 2.24. The molecule has 2 heterocycles. The molecule has 1 atom stereocenters. The van der Waals surface area contributed by atoms with Crippen LogP contribution in [-0.2, 0) is 6.42 Å². The summed E-state index contributed by atoms with van der Waals surface area (Å²) < 4.78 is 5.87. The third-order valence-electron chi connectivity index (χ3n) is 3.11. The standard InChI is InChI=1S/C14H13ClN2O/c15-12-5-2-6-17-13(12)11-4-1-3-9-7-10(8-16)18-14(9)11/h1-6,10H,7-8,16H2/t10-/m1/s1. The normalized spacial score (nSPS) is 17.3. The lowest BCUT2D eigenvalue weighted by Crippen LogP contribution is -2.24. The largest absolute Gasteiger partial charge is 0.488 e. The molecule has 0 radical (unpaired) electrons. The first-order chi connectivity index (χ1) is 8.79. The lowest BCUT2D eigenvalue weighted by Gasteiger charge is -2.11. The Hall–Kier alpha value is -1.58. The number of nitrogens with zero attached hydrogens (tertiary/aromatic N) is 1. The molecule has 0 amide bonds. The van der Waals surface area contributed by atoms with Gasteiger partial charge in [-0.1, -0.05) is 23.7 Å². The Kier molecular flexibility index (Phi) is 2.94. The van der Waals surface area contributed by atoms with Crippen molar-refractivity contribution in [2.75, 3.05) is 6.54 Å². The van der Waals surface area contributed by atoms with Crippen LogP contribution in [0.15, 0.2) is 36.5 Å². The zero-order chi connectivity index (χ0) is 12.5. The Morgan fingerprint density at radius 2 is 2.22 bits per heavy atom. The first kappa shape index (κ1) is 11.5. The van der Waals surface area contributed by atoms with Crippen molar-refractivity contribution in [1.29, 1.82) is 0 Å². The van der Waals surface area contributed by atoms with Crippen molar-refractivity contribution in [1.82, 2.24) is 4.98 Å². The van der Waals surface area contributed by atoms with Gasteiger partial charge in [-0.25, -0.2) is 0 Å². The molecule has 2 N–H and O–H groups in total. The molecule has 1 aliphatic rings. The van der Waals surface area contributed by atoms with Gasteiger partial charge in [0.15, 0.2) is 0 Å². The third-order valence-corrected chi connectivity index (χ3v) is 3.41. The smallest absolute Gasteiger partial charge is 0.132 e. The molecule has 92 valence electrons. The number of nitrogens with two attached hydrogens (primary N) is 1. The first-order valence-electron chi connectivity index (χ1n) is 5.89. The molecule has 0 unspecified atom stereocenters. The van der Waals surface area contributed by atoms with E-state index in [-0.39, 0.29) is 6.10 Å². The summed E-state index contributed by atoms with van der Waals surface area (Å²) in [6, 6.07) is 9.69. The van der Waals surface area contributed by atoms with Gasteiger partial charge in [0.1, 0.15) is 11.9 Å². The van der Waals surface area contributed by atoms with E-state index in [1.54, 1.807) is 6.20 Å². The zero-order valence-corrected chi connectivity index (χ0v) is 10.5. The van der Waals surface area contributed by atoms with Gasteiger partial charge in [0.05, 0.1) is 10.7 Å². The second-order valence-corrected chi connectivity index (χ2v) is 4.71. The molecule has 1 aromatic carbocycles. The summed E-state index contributed by atoms with van der Waals surface area (Å²) in [5.74, 6) is 0.869. The predicted molar refractivity (Wildman–Crippen MR) is 71.9 cm³/mol. The molecule has 3 rings (SSSR count). The minimum absolute atomic E-state index is 0.0589. The van der Waals surface area contributed by atoms with Crippen LogP contribution in [0.25, 0.3) is 11.3 Å². The van der Waals surface area contributed by atoms with Crippen molar-refractivity contribution >= 4 is 11.6 Å². The van der Waals surface area contributed by atoms with Gasteiger partial charge in [-0.2, -0.15) is 0 Å². The van der Waals surface area contributed by atoms with Crippen LogP contribution >= 0.6 is 11.6 Å². The van der Waals surface area contributed by atoms with E-state index in [9.17, 15) is 0 Å². The van der Waals surface area contributed by atoms with E-state index in [4.69, 9.17) is 22.1 Å². The van der Waals surface area contributed by atoms with Gasteiger partial charge in [0.2, 0.25) is 0 Å². The van der Waals surface area contributed by atoms with Crippen molar-refractivity contribution in [2.24, 2.45) is 5.73 Å². The number of fused-ring (bicyclic) bond motifs is 1. The highest BCUT2D eigenvalue weighted by Crippen LogP contribution is 2.39. The van der Waals surface area contributed by atoms with E-state index in [0.717, 1.165) is 23.4 Å². The number of pyridine rings is 1. The van der Waals surface area contributed by atoms with Gasteiger partial charge in [0, 0.05) is 24.7 Å². The topological polar surface area (TPSA) is 48.1 Å². The minimum Gasteiger partial charge on any atom is -0.488 e. The summed E-state index contributed by atoms with van der Waals surface area (Å²) in [5.41, 5.74) is 8.53. The maximum atomic E-state index is 6.19. The molecule has 4 heteroatoms. The van der Waals surface area contributed by atoms with Gasteiger partial charge in [0.25, 0.3) is 0 Å². The second-order valence-electron chi connectivity index (χ2n) is 4.31. The minimum atomic E-state index is 0.0589. The Labute approximate surface area is 111 Å². The van der Waals surface area contributed by atoms with Crippen LogP contribution in [0, 0.1) is 0 Å². The highest BCUT2D eigenvalue weighted by Gasteiger charge is 2.25. The van der Waals surface area contributed by atoms with Crippen LogP contribution in [-0.4, -0.2) is 17.6 Å². The van der Waals surface area contributed by atoms with Crippen LogP contribution in [0.1, 0.15) is 5.56 Å². The van der Waals surface area contributed by atoms with Crippen LogP contribution in [0.4, 0.5) is 0 Å². The van der Waals surface area contributed by atoms with E-state index in [1.807, 2.05) is 24.3 Å². The predicted octanol–water partition coefficient (Wildman–Crippen LogP) is 2.66. The number of halogens is 1. The molecule has 0 saturated heterocycles. The second kappa shape index (κ2) is 4.59. The number of para-hydroxylation sites is 1. The van der Waals surface area contributed by atoms with Crippen LogP contribution < -0.4 is 10.5 Å². The highest BCUT2D eigenvalue weighted by molar-refractivity contribution is 6.33.